The van der Waals surface area contributed by atoms with Crippen LogP contribution in [0.3, 0.4) is 0 Å². The summed E-state index contributed by atoms with van der Waals surface area (Å²) < 4.78 is 49.0. The van der Waals surface area contributed by atoms with Gasteiger partial charge in [0, 0.05) is 19.3 Å². The highest BCUT2D eigenvalue weighted by Crippen LogP contribution is 2.31. The predicted molar refractivity (Wildman–Crippen MR) is 112 cm³/mol. The number of aromatic nitrogens is 1. The molecule has 0 spiro atoms. The Morgan fingerprint density at radius 3 is 2.34 bits per heavy atom. The molecule has 1 aliphatic rings. The second kappa shape index (κ2) is 10.4. The molecule has 1 aliphatic heterocycles. The summed E-state index contributed by atoms with van der Waals surface area (Å²) in [6.07, 6.45) is -3.91. The van der Waals surface area contributed by atoms with Crippen LogP contribution in [0.2, 0.25) is 0 Å². The van der Waals surface area contributed by atoms with Crippen LogP contribution >= 0.6 is 0 Å². The van der Waals surface area contributed by atoms with Gasteiger partial charge in [0.15, 0.2) is 0 Å². The van der Waals surface area contributed by atoms with Crippen LogP contribution in [0, 0.1) is 5.92 Å². The van der Waals surface area contributed by atoms with Gasteiger partial charge < -0.3 is 25.4 Å². The van der Waals surface area contributed by atoms with Crippen molar-refractivity contribution < 1.29 is 32.2 Å². The number of ether oxygens (including phenoxy) is 2. The molecule has 1 aromatic rings. The van der Waals surface area contributed by atoms with E-state index in [0.29, 0.717) is 31.7 Å². The van der Waals surface area contributed by atoms with Gasteiger partial charge in [0.05, 0.1) is 18.2 Å². The van der Waals surface area contributed by atoms with Gasteiger partial charge in [-0.2, -0.15) is 13.2 Å². The Hall–Kier alpha value is -2.56. The molecule has 2 rings (SSSR count). The van der Waals surface area contributed by atoms with Crippen LogP contribution in [0.15, 0.2) is 18.3 Å². The molecule has 3 N–H and O–H groups in total. The summed E-state index contributed by atoms with van der Waals surface area (Å²) in [5, 5.41) is 2.64. The van der Waals surface area contributed by atoms with Crippen LogP contribution in [0.1, 0.15) is 46.1 Å². The number of piperidine rings is 1. The molecule has 0 unspecified atom stereocenters. The van der Waals surface area contributed by atoms with Crippen molar-refractivity contribution in [3.05, 3.63) is 23.9 Å². The van der Waals surface area contributed by atoms with Gasteiger partial charge in [0.2, 0.25) is 5.91 Å². The number of primary amides is 1. The number of nitrogens with zero attached hydrogens (tertiary/aromatic N) is 2. The molecular formula is C21H31F3N4O4. The third-order valence-corrected chi connectivity index (χ3v) is 4.94. The summed E-state index contributed by atoms with van der Waals surface area (Å²) in [7, 11) is 0. The highest BCUT2D eigenvalue weighted by atomic mass is 19.4. The number of rotatable bonds is 7. The lowest BCUT2D eigenvalue weighted by atomic mass is 9.90. The van der Waals surface area contributed by atoms with Gasteiger partial charge in [0.25, 0.3) is 0 Å². The number of carbonyl (C=O) groups is 2. The Balaban J connectivity index is 1.86. The number of nitrogens with one attached hydrogen (secondary N) is 1. The van der Waals surface area contributed by atoms with E-state index in [4.69, 9.17) is 15.2 Å². The first kappa shape index (κ1) is 25.7. The fourth-order valence-corrected chi connectivity index (χ4v) is 3.42. The molecule has 0 aliphatic carbocycles. The highest BCUT2D eigenvalue weighted by Gasteiger charge is 2.33. The van der Waals surface area contributed by atoms with Gasteiger partial charge in [-0.25, -0.2) is 9.78 Å². The number of alkyl carbamates (subject to hydrolysis) is 1. The highest BCUT2D eigenvalue weighted by molar-refractivity contribution is 5.79. The summed E-state index contributed by atoms with van der Waals surface area (Å²) in [6.45, 7) is 8.06. The van der Waals surface area contributed by atoms with Crippen LogP contribution in [-0.4, -0.2) is 54.4 Å². The average molecular weight is 460 g/mol. The molecule has 2 heterocycles. The summed E-state index contributed by atoms with van der Waals surface area (Å²) in [6, 6.07) is 1.95. The van der Waals surface area contributed by atoms with Crippen molar-refractivity contribution in [3.63, 3.8) is 0 Å². The SMILES string of the molecule is C[C@@H](CO[C@H](C(N)=O)C1CCN(c2ccc(C(F)(F)F)cn2)CC1)NC(=O)OC(C)(C)C. The van der Waals surface area contributed by atoms with Crippen molar-refractivity contribution in [2.24, 2.45) is 11.7 Å². The zero-order valence-electron chi connectivity index (χ0n) is 18.7. The minimum atomic E-state index is -4.43. The topological polar surface area (TPSA) is 107 Å². The Bertz CT molecular complexity index is 773. The largest absolute Gasteiger partial charge is 0.444 e. The lowest BCUT2D eigenvalue weighted by molar-refractivity contribution is -0.137. The maximum absolute atomic E-state index is 12.7. The van der Waals surface area contributed by atoms with Crippen molar-refractivity contribution >= 4 is 17.8 Å². The number of halogens is 3. The predicted octanol–water partition coefficient (Wildman–Crippen LogP) is 3.10. The van der Waals surface area contributed by atoms with Gasteiger partial charge in [0.1, 0.15) is 17.5 Å². The van der Waals surface area contributed by atoms with Crippen LogP contribution in [-0.2, 0) is 20.4 Å². The third kappa shape index (κ3) is 7.85. The summed E-state index contributed by atoms with van der Waals surface area (Å²) in [4.78, 5) is 29.6. The van der Waals surface area contributed by atoms with Crippen molar-refractivity contribution in [2.75, 3.05) is 24.6 Å². The molecule has 1 aromatic heterocycles. The standard InChI is InChI=1S/C21H31F3N4O4/c1-13(27-19(30)32-20(2,3)4)12-31-17(18(25)29)14-7-9-28(10-8-14)16-6-5-15(11-26-16)21(22,23)24/h5-6,11,13-14,17H,7-10,12H2,1-4H3,(H2,25,29)(H,27,30)/t13-,17-/m0/s1. The minimum Gasteiger partial charge on any atom is -0.444 e. The summed E-state index contributed by atoms with van der Waals surface area (Å²) in [5.41, 5.74) is 4.11. The smallest absolute Gasteiger partial charge is 0.417 e. The molecule has 0 aromatic carbocycles. The number of amides is 2. The van der Waals surface area contributed by atoms with Crippen molar-refractivity contribution in [3.8, 4) is 0 Å². The van der Waals surface area contributed by atoms with E-state index >= 15 is 0 Å². The first-order valence-electron chi connectivity index (χ1n) is 10.4. The van der Waals surface area contributed by atoms with Crippen molar-refractivity contribution in [2.45, 2.75) is 64.5 Å². The first-order chi connectivity index (χ1) is 14.8. The lowest BCUT2D eigenvalue weighted by Gasteiger charge is -2.35. The zero-order chi connectivity index (χ0) is 24.1. The van der Waals surface area contributed by atoms with Gasteiger partial charge in [-0.1, -0.05) is 0 Å². The number of anilines is 1. The fourth-order valence-electron chi connectivity index (χ4n) is 3.42. The molecule has 8 nitrogen and oxygen atoms in total. The van der Waals surface area contributed by atoms with E-state index in [2.05, 4.69) is 10.3 Å². The molecule has 0 saturated carbocycles. The lowest BCUT2D eigenvalue weighted by Crippen LogP contribution is -2.46. The molecule has 2 atom stereocenters. The molecular weight excluding hydrogens is 429 g/mol. The quantitative estimate of drug-likeness (QED) is 0.648. The molecule has 180 valence electrons. The molecule has 0 radical (unpaired) electrons. The number of carbonyl (C=O) groups excluding carboxylic acids is 2. The maximum atomic E-state index is 12.7. The number of nitrogens with two attached hydrogens (primary N) is 1. The van der Waals surface area contributed by atoms with Crippen molar-refractivity contribution in [1.29, 1.82) is 0 Å². The molecule has 32 heavy (non-hydrogen) atoms. The van der Waals surface area contributed by atoms with E-state index in [1.54, 1.807) is 27.7 Å². The summed E-state index contributed by atoms with van der Waals surface area (Å²) >= 11 is 0. The zero-order valence-corrected chi connectivity index (χ0v) is 18.7. The van der Waals surface area contributed by atoms with E-state index in [-0.39, 0.29) is 12.5 Å². The minimum absolute atomic E-state index is 0.0769. The van der Waals surface area contributed by atoms with Gasteiger partial charge in [-0.3, -0.25) is 4.79 Å². The van der Waals surface area contributed by atoms with E-state index in [1.807, 2.05) is 4.90 Å². The molecule has 11 heteroatoms. The summed E-state index contributed by atoms with van der Waals surface area (Å²) in [5.74, 6) is -0.296. The van der Waals surface area contributed by atoms with E-state index in [9.17, 15) is 22.8 Å². The Morgan fingerprint density at radius 1 is 1.25 bits per heavy atom. The molecule has 0 bridgehead atoms. The molecule has 2 amide bonds. The Labute approximate surface area is 185 Å². The van der Waals surface area contributed by atoms with Crippen LogP contribution in [0.25, 0.3) is 0 Å². The maximum Gasteiger partial charge on any atom is 0.417 e. The van der Waals surface area contributed by atoms with Crippen LogP contribution < -0.4 is 16.0 Å². The van der Waals surface area contributed by atoms with Gasteiger partial charge in [-0.15, -0.1) is 0 Å². The average Bonchev–Trinajstić information content (AvgIpc) is 2.66. The van der Waals surface area contributed by atoms with Crippen LogP contribution in [0.5, 0.6) is 0 Å². The van der Waals surface area contributed by atoms with E-state index in [0.717, 1.165) is 12.3 Å². The number of alkyl halides is 3. The van der Waals surface area contributed by atoms with Gasteiger partial charge >= 0.3 is 12.3 Å². The van der Waals surface area contributed by atoms with E-state index < -0.39 is 41.5 Å². The first-order valence-corrected chi connectivity index (χ1v) is 10.4. The monoisotopic (exact) mass is 460 g/mol. The second-order valence-electron chi connectivity index (χ2n) is 8.93. The normalized spacial score (nSPS) is 17.5. The van der Waals surface area contributed by atoms with E-state index in [1.165, 1.54) is 6.07 Å². The second-order valence-corrected chi connectivity index (χ2v) is 8.93. The molecule has 1 saturated heterocycles. The van der Waals surface area contributed by atoms with Crippen LogP contribution in [0.4, 0.5) is 23.8 Å². The number of pyridine rings is 1. The molecule has 1 fully saturated rings. The third-order valence-electron chi connectivity index (χ3n) is 4.94. The Morgan fingerprint density at radius 2 is 1.88 bits per heavy atom. The number of hydrogen-bond donors (Lipinski definition) is 2. The van der Waals surface area contributed by atoms with Crippen molar-refractivity contribution in [1.82, 2.24) is 10.3 Å². The van der Waals surface area contributed by atoms with Gasteiger partial charge in [-0.05, 0) is 58.6 Å². The Kier molecular flexibility index (Phi) is 8.33. The fraction of sp³-hybridized carbons (Fsp3) is 0.667. The number of hydrogen-bond acceptors (Lipinski definition) is 6.